The number of aromatic nitrogens is 1. The SMILES string of the molecule is O=S(=O)(CCN1CCC(n2cccc2)CC1)c1ccccc1. The van der Waals surface area contributed by atoms with Crippen molar-refractivity contribution in [1.29, 1.82) is 0 Å². The average Bonchev–Trinajstić information content (AvgIpc) is 3.09. The van der Waals surface area contributed by atoms with Crippen LogP contribution in [-0.2, 0) is 9.84 Å². The standard InChI is InChI=1S/C17H22N2O2S/c20-22(21,17-6-2-1-3-7-17)15-14-18-12-8-16(9-13-18)19-10-4-5-11-19/h1-7,10-11,16H,8-9,12-15H2. The van der Waals surface area contributed by atoms with E-state index in [1.807, 2.05) is 6.07 Å². The minimum atomic E-state index is -3.16. The van der Waals surface area contributed by atoms with Crippen LogP contribution in [0.1, 0.15) is 18.9 Å². The molecule has 1 aliphatic heterocycles. The maximum atomic E-state index is 12.3. The summed E-state index contributed by atoms with van der Waals surface area (Å²) in [6, 6.07) is 13.4. The largest absolute Gasteiger partial charge is 0.351 e. The van der Waals surface area contributed by atoms with E-state index in [2.05, 4.69) is 34.0 Å². The molecule has 3 rings (SSSR count). The third kappa shape index (κ3) is 3.59. The summed E-state index contributed by atoms with van der Waals surface area (Å²) in [6.45, 7) is 2.55. The molecule has 1 fully saturated rings. The Hall–Kier alpha value is -1.59. The second-order valence-corrected chi connectivity index (χ2v) is 7.94. The minimum absolute atomic E-state index is 0.200. The third-order valence-electron chi connectivity index (χ3n) is 4.38. The maximum Gasteiger partial charge on any atom is 0.179 e. The Bertz CT molecular complexity index is 673. The van der Waals surface area contributed by atoms with Gasteiger partial charge in [0, 0.05) is 38.1 Å². The second kappa shape index (κ2) is 6.67. The Kier molecular flexibility index (Phi) is 4.64. The van der Waals surface area contributed by atoms with Crippen LogP contribution in [0.5, 0.6) is 0 Å². The molecule has 0 spiro atoms. The quantitative estimate of drug-likeness (QED) is 0.851. The van der Waals surface area contributed by atoms with Crippen LogP contribution >= 0.6 is 0 Å². The van der Waals surface area contributed by atoms with E-state index in [0.717, 1.165) is 25.9 Å². The number of benzene rings is 1. The molecule has 118 valence electrons. The molecule has 5 heteroatoms. The molecule has 0 bridgehead atoms. The van der Waals surface area contributed by atoms with Crippen LogP contribution in [0.25, 0.3) is 0 Å². The van der Waals surface area contributed by atoms with Crippen molar-refractivity contribution in [3.63, 3.8) is 0 Å². The summed E-state index contributed by atoms with van der Waals surface area (Å²) in [6.07, 6.45) is 6.39. The highest BCUT2D eigenvalue weighted by atomic mass is 32.2. The first kappa shape index (κ1) is 15.3. The van der Waals surface area contributed by atoms with E-state index in [0.29, 0.717) is 17.5 Å². The second-order valence-electron chi connectivity index (χ2n) is 5.83. The lowest BCUT2D eigenvalue weighted by Crippen LogP contribution is -2.37. The third-order valence-corrected chi connectivity index (χ3v) is 6.10. The lowest BCUT2D eigenvalue weighted by atomic mass is 10.1. The zero-order valence-corrected chi connectivity index (χ0v) is 13.5. The number of piperidine rings is 1. The number of rotatable bonds is 5. The van der Waals surface area contributed by atoms with E-state index in [1.165, 1.54) is 0 Å². The number of hydrogen-bond acceptors (Lipinski definition) is 3. The van der Waals surface area contributed by atoms with Crippen molar-refractivity contribution in [2.75, 3.05) is 25.4 Å². The number of likely N-dealkylation sites (tertiary alicyclic amines) is 1. The van der Waals surface area contributed by atoms with Crippen molar-refractivity contribution in [3.8, 4) is 0 Å². The van der Waals surface area contributed by atoms with Crippen LogP contribution in [0.4, 0.5) is 0 Å². The highest BCUT2D eigenvalue weighted by Gasteiger charge is 2.22. The molecule has 2 aromatic rings. The lowest BCUT2D eigenvalue weighted by molar-refractivity contribution is 0.195. The first-order chi connectivity index (χ1) is 10.6. The van der Waals surface area contributed by atoms with Gasteiger partial charge in [0.05, 0.1) is 10.6 Å². The maximum absolute atomic E-state index is 12.3. The van der Waals surface area contributed by atoms with Gasteiger partial charge in [0.1, 0.15) is 0 Å². The van der Waals surface area contributed by atoms with Crippen molar-refractivity contribution < 1.29 is 8.42 Å². The van der Waals surface area contributed by atoms with E-state index in [1.54, 1.807) is 24.3 Å². The molecule has 22 heavy (non-hydrogen) atoms. The Morgan fingerprint density at radius 2 is 1.59 bits per heavy atom. The van der Waals surface area contributed by atoms with E-state index < -0.39 is 9.84 Å². The monoisotopic (exact) mass is 318 g/mol. The van der Waals surface area contributed by atoms with Gasteiger partial charge in [0.25, 0.3) is 0 Å². The fourth-order valence-corrected chi connectivity index (χ4v) is 4.33. The molecular weight excluding hydrogens is 296 g/mol. The van der Waals surface area contributed by atoms with Gasteiger partial charge in [-0.25, -0.2) is 8.42 Å². The lowest BCUT2D eigenvalue weighted by Gasteiger charge is -2.32. The van der Waals surface area contributed by atoms with Crippen molar-refractivity contribution in [3.05, 3.63) is 54.9 Å². The molecule has 0 saturated carbocycles. The molecule has 0 radical (unpaired) electrons. The summed E-state index contributed by atoms with van der Waals surface area (Å²) in [4.78, 5) is 2.69. The van der Waals surface area contributed by atoms with Crippen LogP contribution in [0.2, 0.25) is 0 Å². The normalized spacial score (nSPS) is 17.6. The smallest absolute Gasteiger partial charge is 0.179 e. The molecule has 1 aliphatic rings. The van der Waals surface area contributed by atoms with E-state index in [9.17, 15) is 8.42 Å². The molecule has 1 aromatic heterocycles. The van der Waals surface area contributed by atoms with Crippen molar-refractivity contribution >= 4 is 9.84 Å². The molecule has 0 amide bonds. The molecule has 0 aliphatic carbocycles. The Morgan fingerprint density at radius 3 is 2.23 bits per heavy atom. The van der Waals surface area contributed by atoms with E-state index in [-0.39, 0.29) is 5.75 Å². The summed E-state index contributed by atoms with van der Waals surface area (Å²) in [5.74, 6) is 0.200. The molecule has 0 unspecified atom stereocenters. The van der Waals surface area contributed by atoms with Gasteiger partial charge in [-0.2, -0.15) is 0 Å². The van der Waals surface area contributed by atoms with Crippen LogP contribution in [-0.4, -0.2) is 43.3 Å². The van der Waals surface area contributed by atoms with Gasteiger partial charge in [-0.05, 0) is 37.1 Å². The van der Waals surface area contributed by atoms with Crippen molar-refractivity contribution in [2.24, 2.45) is 0 Å². The first-order valence-corrected chi connectivity index (χ1v) is 9.43. The van der Waals surface area contributed by atoms with Crippen molar-refractivity contribution in [2.45, 2.75) is 23.8 Å². The van der Waals surface area contributed by atoms with Gasteiger partial charge in [-0.3, -0.25) is 0 Å². The van der Waals surface area contributed by atoms with E-state index >= 15 is 0 Å². The Morgan fingerprint density at radius 1 is 0.955 bits per heavy atom. The van der Waals surface area contributed by atoms with Gasteiger partial charge in [-0.1, -0.05) is 18.2 Å². The number of nitrogens with zero attached hydrogens (tertiary/aromatic N) is 2. The summed E-state index contributed by atoms with van der Waals surface area (Å²) >= 11 is 0. The molecule has 4 nitrogen and oxygen atoms in total. The zero-order valence-electron chi connectivity index (χ0n) is 12.6. The molecule has 1 aromatic carbocycles. The Labute approximate surface area is 132 Å². The summed E-state index contributed by atoms with van der Waals surface area (Å²) in [7, 11) is -3.16. The Balaban J connectivity index is 1.51. The fourth-order valence-electron chi connectivity index (χ4n) is 3.03. The van der Waals surface area contributed by atoms with Crippen molar-refractivity contribution in [1.82, 2.24) is 9.47 Å². The molecule has 0 atom stereocenters. The minimum Gasteiger partial charge on any atom is -0.351 e. The molecule has 0 N–H and O–H groups in total. The van der Waals surface area contributed by atoms with Crippen LogP contribution < -0.4 is 0 Å². The highest BCUT2D eigenvalue weighted by molar-refractivity contribution is 7.91. The molecule has 2 heterocycles. The average molecular weight is 318 g/mol. The number of hydrogen-bond donors (Lipinski definition) is 0. The van der Waals surface area contributed by atoms with Gasteiger partial charge in [-0.15, -0.1) is 0 Å². The predicted molar refractivity (Wildman–Crippen MR) is 87.6 cm³/mol. The zero-order chi connectivity index (χ0) is 15.4. The van der Waals surface area contributed by atoms with Gasteiger partial charge in [0.15, 0.2) is 9.84 Å². The van der Waals surface area contributed by atoms with Crippen LogP contribution in [0, 0.1) is 0 Å². The fraction of sp³-hybridized carbons (Fsp3) is 0.412. The summed E-state index contributed by atoms with van der Waals surface area (Å²) < 4.78 is 26.9. The topological polar surface area (TPSA) is 42.3 Å². The number of sulfone groups is 1. The van der Waals surface area contributed by atoms with E-state index in [4.69, 9.17) is 0 Å². The predicted octanol–water partition coefficient (Wildman–Crippen LogP) is 2.60. The van der Waals surface area contributed by atoms with Gasteiger partial charge < -0.3 is 9.47 Å². The summed E-state index contributed by atoms with van der Waals surface area (Å²) in [5, 5.41) is 0. The van der Waals surface area contributed by atoms with Crippen LogP contribution in [0.3, 0.4) is 0 Å². The highest BCUT2D eigenvalue weighted by Crippen LogP contribution is 2.22. The molecular formula is C17H22N2O2S. The van der Waals surface area contributed by atoms with Crippen LogP contribution in [0.15, 0.2) is 59.8 Å². The first-order valence-electron chi connectivity index (χ1n) is 7.78. The van der Waals surface area contributed by atoms with Gasteiger partial charge in [0.2, 0.25) is 0 Å². The summed E-state index contributed by atoms with van der Waals surface area (Å²) in [5.41, 5.74) is 0. The molecule has 1 saturated heterocycles. The van der Waals surface area contributed by atoms with Gasteiger partial charge >= 0.3 is 0 Å².